The van der Waals surface area contributed by atoms with Gasteiger partial charge >= 0.3 is 0 Å². The third-order valence-corrected chi connectivity index (χ3v) is 3.96. The van der Waals surface area contributed by atoms with Gasteiger partial charge in [-0.25, -0.2) is 4.98 Å². The lowest BCUT2D eigenvalue weighted by atomic mass is 10.1. The summed E-state index contributed by atoms with van der Waals surface area (Å²) in [4.78, 5) is 16.7. The molecule has 0 bridgehead atoms. The molecule has 0 unspecified atom stereocenters. The predicted molar refractivity (Wildman–Crippen MR) is 94.0 cm³/mol. The van der Waals surface area contributed by atoms with Crippen molar-refractivity contribution in [1.82, 2.24) is 9.55 Å². The number of carbonyl (C=O) groups is 1. The normalized spacial score (nSPS) is 10.5. The van der Waals surface area contributed by atoms with Gasteiger partial charge in [0, 0.05) is 17.3 Å². The highest BCUT2D eigenvalue weighted by molar-refractivity contribution is 7.71. The minimum absolute atomic E-state index is 0.0200. The van der Waals surface area contributed by atoms with Crippen LogP contribution < -0.4 is 0 Å². The van der Waals surface area contributed by atoms with Gasteiger partial charge in [-0.05, 0) is 25.2 Å². The van der Waals surface area contributed by atoms with Crippen LogP contribution in [0.4, 0.5) is 0 Å². The predicted octanol–water partition coefficient (Wildman–Crippen LogP) is 4.47. The van der Waals surface area contributed by atoms with Crippen molar-refractivity contribution >= 4 is 18.0 Å². The maximum Gasteiger partial charge on any atom is 0.200 e. The first-order valence-corrected chi connectivity index (χ1v) is 7.77. The highest BCUT2D eigenvalue weighted by Crippen LogP contribution is 2.17. The lowest BCUT2D eigenvalue weighted by molar-refractivity contribution is 0.0971. The van der Waals surface area contributed by atoms with Gasteiger partial charge in [-0.1, -0.05) is 60.2 Å². The molecule has 3 aromatic rings. The second-order valence-electron chi connectivity index (χ2n) is 5.38. The first-order valence-electron chi connectivity index (χ1n) is 7.36. The van der Waals surface area contributed by atoms with Gasteiger partial charge in [0.05, 0.1) is 12.2 Å². The molecule has 0 aliphatic rings. The van der Waals surface area contributed by atoms with E-state index in [1.807, 2.05) is 61.7 Å². The molecule has 0 N–H and O–H groups in total. The number of aromatic nitrogens is 2. The molecule has 1 aromatic heterocycles. The fraction of sp³-hybridized carbons (Fsp3) is 0.105. The number of Topliss-reactive ketones (excluding diaryl/α,β-unsaturated/α-hetero) is 1. The molecule has 1 heterocycles. The van der Waals surface area contributed by atoms with E-state index in [0.29, 0.717) is 10.3 Å². The Morgan fingerprint density at radius 2 is 1.74 bits per heavy atom. The Balaban J connectivity index is 1.84. The van der Waals surface area contributed by atoms with Crippen LogP contribution in [-0.4, -0.2) is 15.3 Å². The SMILES string of the molecule is Cc1ccc(-c2ccn(CC(=O)c3ccccc3)c(=S)n2)cc1. The quantitative estimate of drug-likeness (QED) is 0.525. The number of ketones is 1. The van der Waals surface area contributed by atoms with Crippen molar-refractivity contribution < 1.29 is 4.79 Å². The Labute approximate surface area is 140 Å². The smallest absolute Gasteiger partial charge is 0.200 e. The van der Waals surface area contributed by atoms with Crippen molar-refractivity contribution in [3.05, 3.63) is 82.8 Å². The number of carbonyl (C=O) groups excluding carboxylic acids is 1. The van der Waals surface area contributed by atoms with Crippen molar-refractivity contribution in [2.45, 2.75) is 13.5 Å². The van der Waals surface area contributed by atoms with Gasteiger partial charge in [-0.15, -0.1) is 0 Å². The molecule has 2 aromatic carbocycles. The van der Waals surface area contributed by atoms with Crippen LogP contribution in [0.3, 0.4) is 0 Å². The maximum atomic E-state index is 12.3. The van der Waals surface area contributed by atoms with E-state index in [-0.39, 0.29) is 12.3 Å². The fourth-order valence-corrected chi connectivity index (χ4v) is 2.53. The molecule has 0 aliphatic heterocycles. The average Bonchev–Trinajstić information content (AvgIpc) is 2.58. The lowest BCUT2D eigenvalue weighted by Gasteiger charge is -2.08. The number of hydrogen-bond acceptors (Lipinski definition) is 3. The summed E-state index contributed by atoms with van der Waals surface area (Å²) in [6.07, 6.45) is 1.82. The first-order chi connectivity index (χ1) is 11.1. The summed E-state index contributed by atoms with van der Waals surface area (Å²) in [5, 5.41) is 0. The topological polar surface area (TPSA) is 34.9 Å². The summed E-state index contributed by atoms with van der Waals surface area (Å²) >= 11 is 5.33. The molecule has 114 valence electrons. The Bertz CT molecular complexity index is 883. The molecule has 4 heteroatoms. The van der Waals surface area contributed by atoms with E-state index >= 15 is 0 Å². The summed E-state index contributed by atoms with van der Waals surface area (Å²) in [5.41, 5.74) is 3.71. The molecule has 0 fully saturated rings. The summed E-state index contributed by atoms with van der Waals surface area (Å²) in [6, 6.07) is 19.2. The molecular weight excluding hydrogens is 304 g/mol. The fourth-order valence-electron chi connectivity index (χ4n) is 2.30. The lowest BCUT2D eigenvalue weighted by Crippen LogP contribution is -2.12. The Morgan fingerprint density at radius 1 is 1.04 bits per heavy atom. The summed E-state index contributed by atoms with van der Waals surface area (Å²) < 4.78 is 2.11. The Kier molecular flexibility index (Phi) is 4.44. The Hall–Kier alpha value is -2.59. The highest BCUT2D eigenvalue weighted by atomic mass is 32.1. The molecule has 0 atom stereocenters. The third-order valence-electron chi connectivity index (χ3n) is 3.63. The summed E-state index contributed by atoms with van der Waals surface area (Å²) in [7, 11) is 0. The molecule has 3 nitrogen and oxygen atoms in total. The van der Waals surface area contributed by atoms with Crippen LogP contribution in [0.2, 0.25) is 0 Å². The van der Waals surface area contributed by atoms with Gasteiger partial charge in [0.1, 0.15) is 0 Å². The van der Waals surface area contributed by atoms with Crippen molar-refractivity contribution in [2.24, 2.45) is 0 Å². The van der Waals surface area contributed by atoms with Crippen LogP contribution in [0.25, 0.3) is 11.3 Å². The van der Waals surface area contributed by atoms with E-state index in [4.69, 9.17) is 12.2 Å². The van der Waals surface area contributed by atoms with Crippen LogP contribution >= 0.6 is 12.2 Å². The van der Waals surface area contributed by atoms with Crippen LogP contribution in [-0.2, 0) is 6.54 Å². The zero-order valence-corrected chi connectivity index (χ0v) is 13.6. The van der Waals surface area contributed by atoms with Crippen LogP contribution in [0.15, 0.2) is 66.9 Å². The highest BCUT2D eigenvalue weighted by Gasteiger charge is 2.07. The van der Waals surface area contributed by atoms with Crippen molar-refractivity contribution in [3.8, 4) is 11.3 Å². The Morgan fingerprint density at radius 3 is 2.39 bits per heavy atom. The first kappa shape index (κ1) is 15.3. The average molecular weight is 320 g/mol. The maximum absolute atomic E-state index is 12.3. The van der Waals surface area contributed by atoms with E-state index in [0.717, 1.165) is 11.3 Å². The summed E-state index contributed by atoms with van der Waals surface area (Å²) in [5.74, 6) is 0.0200. The van der Waals surface area contributed by atoms with E-state index in [2.05, 4.69) is 4.98 Å². The molecule has 0 saturated carbocycles. The van der Waals surface area contributed by atoms with Gasteiger partial charge in [-0.2, -0.15) is 0 Å². The zero-order valence-electron chi connectivity index (χ0n) is 12.8. The molecule has 0 saturated heterocycles. The third kappa shape index (κ3) is 3.60. The number of benzene rings is 2. The van der Waals surface area contributed by atoms with Crippen molar-refractivity contribution in [1.29, 1.82) is 0 Å². The van der Waals surface area contributed by atoms with Crippen LogP contribution in [0.5, 0.6) is 0 Å². The van der Waals surface area contributed by atoms with E-state index < -0.39 is 0 Å². The second kappa shape index (κ2) is 6.67. The molecule has 0 radical (unpaired) electrons. The standard InChI is InChI=1S/C19H16N2OS/c1-14-7-9-15(10-8-14)17-11-12-21(19(23)20-17)13-18(22)16-5-3-2-4-6-16/h2-12H,13H2,1H3. The molecule has 0 amide bonds. The van der Waals surface area contributed by atoms with Crippen molar-refractivity contribution in [3.63, 3.8) is 0 Å². The van der Waals surface area contributed by atoms with Gasteiger partial charge in [-0.3, -0.25) is 4.79 Å². The van der Waals surface area contributed by atoms with Crippen LogP contribution in [0.1, 0.15) is 15.9 Å². The summed E-state index contributed by atoms with van der Waals surface area (Å²) in [6.45, 7) is 2.24. The second-order valence-corrected chi connectivity index (χ2v) is 5.74. The minimum Gasteiger partial charge on any atom is -0.316 e. The van der Waals surface area contributed by atoms with E-state index in [9.17, 15) is 4.79 Å². The molecule has 3 rings (SSSR count). The van der Waals surface area contributed by atoms with E-state index in [1.54, 1.807) is 16.7 Å². The molecule has 0 spiro atoms. The molecule has 23 heavy (non-hydrogen) atoms. The van der Waals surface area contributed by atoms with Crippen molar-refractivity contribution in [2.75, 3.05) is 0 Å². The molecule has 0 aliphatic carbocycles. The monoisotopic (exact) mass is 320 g/mol. The number of aryl methyl sites for hydroxylation is 1. The van der Waals surface area contributed by atoms with Gasteiger partial charge in [0.2, 0.25) is 0 Å². The van der Waals surface area contributed by atoms with E-state index in [1.165, 1.54) is 5.56 Å². The largest absolute Gasteiger partial charge is 0.316 e. The van der Waals surface area contributed by atoms with Gasteiger partial charge in [0.25, 0.3) is 0 Å². The minimum atomic E-state index is 0.0200. The number of rotatable bonds is 4. The van der Waals surface area contributed by atoms with Crippen LogP contribution in [0, 0.1) is 11.7 Å². The zero-order chi connectivity index (χ0) is 16.2. The number of hydrogen-bond donors (Lipinski definition) is 0. The molecular formula is C19H16N2OS. The van der Waals surface area contributed by atoms with Gasteiger partial charge < -0.3 is 4.57 Å². The van der Waals surface area contributed by atoms with Gasteiger partial charge in [0.15, 0.2) is 10.6 Å². The number of nitrogens with zero attached hydrogens (tertiary/aromatic N) is 2.